The lowest BCUT2D eigenvalue weighted by Gasteiger charge is -2.30. The van der Waals surface area contributed by atoms with E-state index >= 15 is 0 Å². The highest BCUT2D eigenvalue weighted by atomic mass is 35.5. The van der Waals surface area contributed by atoms with Crippen molar-refractivity contribution in [2.75, 3.05) is 7.11 Å². The Kier molecular flexibility index (Phi) is 8.45. The summed E-state index contributed by atoms with van der Waals surface area (Å²) in [5.41, 5.74) is 2.37. The number of methoxy groups -OCH3 is 1. The number of aromatic nitrogens is 2. The number of urea groups is 1. The Bertz CT molecular complexity index is 1110. The molecule has 0 bridgehead atoms. The standard InChI is InChI=1S/C26H33ClN4O3/c1-7-18(4)30(26(32)28-17(2)3)16-24-19(5)29-31(21-10-8-9-20(27)15-21)25(24)34-23-13-11-22(33-6)12-14-23/h8-15,17-18H,7,16H2,1-6H3,(H,28,32). The molecule has 0 radical (unpaired) electrons. The summed E-state index contributed by atoms with van der Waals surface area (Å²) < 4.78 is 13.4. The maximum absolute atomic E-state index is 13.0. The van der Waals surface area contributed by atoms with Gasteiger partial charge in [-0.25, -0.2) is 9.48 Å². The van der Waals surface area contributed by atoms with Crippen molar-refractivity contribution < 1.29 is 14.3 Å². The van der Waals surface area contributed by atoms with Gasteiger partial charge in [-0.2, -0.15) is 5.10 Å². The molecular formula is C26H33ClN4O3. The largest absolute Gasteiger partial charge is 0.497 e. The monoisotopic (exact) mass is 484 g/mol. The average Bonchev–Trinajstić information content (AvgIpc) is 3.11. The molecule has 0 aliphatic rings. The van der Waals surface area contributed by atoms with Gasteiger partial charge in [0.15, 0.2) is 0 Å². The van der Waals surface area contributed by atoms with E-state index in [2.05, 4.69) is 12.2 Å². The number of carbonyl (C=O) groups is 1. The van der Waals surface area contributed by atoms with E-state index in [0.717, 1.165) is 29.1 Å². The van der Waals surface area contributed by atoms with Crippen LogP contribution in [0.4, 0.5) is 4.79 Å². The lowest BCUT2D eigenvalue weighted by atomic mass is 10.1. The number of halogens is 1. The van der Waals surface area contributed by atoms with Gasteiger partial charge in [0.2, 0.25) is 5.88 Å². The molecule has 0 saturated heterocycles. The van der Waals surface area contributed by atoms with Gasteiger partial charge in [0, 0.05) is 17.1 Å². The summed E-state index contributed by atoms with van der Waals surface area (Å²) >= 11 is 6.26. The van der Waals surface area contributed by atoms with Crippen LogP contribution in [0.1, 0.15) is 45.4 Å². The maximum Gasteiger partial charge on any atom is 0.318 e. The summed E-state index contributed by atoms with van der Waals surface area (Å²) in [6.07, 6.45) is 0.821. The van der Waals surface area contributed by atoms with Crippen LogP contribution in [-0.2, 0) is 6.54 Å². The zero-order chi connectivity index (χ0) is 24.8. The van der Waals surface area contributed by atoms with Crippen molar-refractivity contribution >= 4 is 17.6 Å². The minimum Gasteiger partial charge on any atom is -0.497 e. The third-order valence-electron chi connectivity index (χ3n) is 5.59. The molecule has 3 rings (SSSR count). The second-order valence-electron chi connectivity index (χ2n) is 8.53. The summed E-state index contributed by atoms with van der Waals surface area (Å²) in [4.78, 5) is 14.9. The molecule has 1 atom stereocenters. The molecule has 182 valence electrons. The summed E-state index contributed by atoms with van der Waals surface area (Å²) in [6, 6.07) is 14.7. The van der Waals surface area contributed by atoms with Crippen LogP contribution >= 0.6 is 11.6 Å². The molecule has 2 aromatic carbocycles. The zero-order valence-corrected chi connectivity index (χ0v) is 21.4. The van der Waals surface area contributed by atoms with Gasteiger partial charge >= 0.3 is 6.03 Å². The van der Waals surface area contributed by atoms with Gasteiger partial charge in [-0.15, -0.1) is 0 Å². The molecular weight excluding hydrogens is 452 g/mol. The third kappa shape index (κ3) is 6.03. The molecule has 0 fully saturated rings. The van der Waals surface area contributed by atoms with E-state index < -0.39 is 0 Å². The molecule has 34 heavy (non-hydrogen) atoms. The number of nitrogens with one attached hydrogen (secondary N) is 1. The van der Waals surface area contributed by atoms with Crippen molar-refractivity contribution in [3.63, 3.8) is 0 Å². The van der Waals surface area contributed by atoms with Crippen molar-refractivity contribution in [2.24, 2.45) is 0 Å². The van der Waals surface area contributed by atoms with Crippen LogP contribution in [0.15, 0.2) is 48.5 Å². The molecule has 1 unspecified atom stereocenters. The maximum atomic E-state index is 13.0. The fourth-order valence-corrected chi connectivity index (χ4v) is 3.70. The normalized spacial score (nSPS) is 11.9. The van der Waals surface area contributed by atoms with Crippen molar-refractivity contribution in [3.05, 3.63) is 64.8 Å². The van der Waals surface area contributed by atoms with E-state index in [9.17, 15) is 4.79 Å². The molecule has 1 heterocycles. The van der Waals surface area contributed by atoms with Gasteiger partial charge in [0.25, 0.3) is 0 Å². The summed E-state index contributed by atoms with van der Waals surface area (Å²) in [5, 5.41) is 8.37. The van der Waals surface area contributed by atoms with Crippen LogP contribution in [0.3, 0.4) is 0 Å². The van der Waals surface area contributed by atoms with E-state index in [-0.39, 0.29) is 18.1 Å². The molecule has 0 spiro atoms. The number of rotatable bonds is 9. The first-order valence-electron chi connectivity index (χ1n) is 11.5. The molecule has 0 aliphatic heterocycles. The number of hydrogen-bond acceptors (Lipinski definition) is 4. The number of nitrogens with zero attached hydrogens (tertiary/aromatic N) is 3. The van der Waals surface area contributed by atoms with Gasteiger partial charge < -0.3 is 19.7 Å². The average molecular weight is 485 g/mol. The van der Waals surface area contributed by atoms with Gasteiger partial charge in [-0.1, -0.05) is 24.6 Å². The van der Waals surface area contributed by atoms with Crippen LogP contribution in [0.2, 0.25) is 5.02 Å². The smallest absolute Gasteiger partial charge is 0.318 e. The second-order valence-corrected chi connectivity index (χ2v) is 8.96. The van der Waals surface area contributed by atoms with E-state index in [1.807, 2.05) is 81.1 Å². The minimum atomic E-state index is -0.116. The number of benzene rings is 2. The number of aryl methyl sites for hydroxylation is 1. The van der Waals surface area contributed by atoms with Crippen LogP contribution < -0.4 is 14.8 Å². The lowest BCUT2D eigenvalue weighted by Crippen LogP contribution is -2.46. The number of carbonyl (C=O) groups excluding carboxylic acids is 1. The summed E-state index contributed by atoms with van der Waals surface area (Å²) in [5.74, 6) is 1.91. The lowest BCUT2D eigenvalue weighted by molar-refractivity contribution is 0.170. The van der Waals surface area contributed by atoms with E-state index in [1.165, 1.54) is 0 Å². The third-order valence-corrected chi connectivity index (χ3v) is 5.82. The van der Waals surface area contributed by atoms with E-state index in [4.69, 9.17) is 26.2 Å². The fourth-order valence-electron chi connectivity index (χ4n) is 3.51. The Hall–Kier alpha value is -3.19. The van der Waals surface area contributed by atoms with Gasteiger partial charge in [-0.3, -0.25) is 0 Å². The fraction of sp³-hybridized carbons (Fsp3) is 0.385. The van der Waals surface area contributed by atoms with Crippen LogP contribution in [-0.4, -0.2) is 39.9 Å². The molecule has 7 nitrogen and oxygen atoms in total. The first-order valence-corrected chi connectivity index (χ1v) is 11.8. The molecule has 1 aromatic heterocycles. The SMILES string of the molecule is CCC(C)N(Cc1c(C)nn(-c2cccc(Cl)c2)c1Oc1ccc(OC)cc1)C(=O)NC(C)C. The molecule has 0 saturated carbocycles. The summed E-state index contributed by atoms with van der Waals surface area (Å²) in [7, 11) is 1.62. The zero-order valence-electron chi connectivity index (χ0n) is 20.6. The van der Waals surface area contributed by atoms with Crippen molar-refractivity contribution in [1.29, 1.82) is 0 Å². The van der Waals surface area contributed by atoms with Gasteiger partial charge in [-0.05, 0) is 76.6 Å². The van der Waals surface area contributed by atoms with Crippen molar-refractivity contribution in [1.82, 2.24) is 20.0 Å². The first kappa shape index (κ1) is 25.4. The van der Waals surface area contributed by atoms with Crippen LogP contribution in [0, 0.1) is 6.92 Å². The van der Waals surface area contributed by atoms with Crippen LogP contribution in [0.5, 0.6) is 17.4 Å². The molecule has 2 amide bonds. The predicted octanol–water partition coefficient (Wildman–Crippen LogP) is 6.35. The first-order chi connectivity index (χ1) is 16.2. The van der Waals surface area contributed by atoms with E-state index in [1.54, 1.807) is 11.8 Å². The van der Waals surface area contributed by atoms with Crippen molar-refractivity contribution in [3.8, 4) is 23.1 Å². The Morgan fingerprint density at radius 1 is 1.15 bits per heavy atom. The highest BCUT2D eigenvalue weighted by Crippen LogP contribution is 2.33. The molecule has 1 N–H and O–H groups in total. The number of hydrogen-bond donors (Lipinski definition) is 1. The van der Waals surface area contributed by atoms with Crippen molar-refractivity contribution in [2.45, 2.75) is 59.7 Å². The molecule has 0 aliphatic carbocycles. The second kappa shape index (κ2) is 11.3. The highest BCUT2D eigenvalue weighted by Gasteiger charge is 2.26. The van der Waals surface area contributed by atoms with Crippen LogP contribution in [0.25, 0.3) is 5.69 Å². The number of amides is 2. The quantitative estimate of drug-likeness (QED) is 0.384. The Morgan fingerprint density at radius 3 is 2.41 bits per heavy atom. The Balaban J connectivity index is 2.08. The molecule has 8 heteroatoms. The number of ether oxygens (including phenoxy) is 2. The topological polar surface area (TPSA) is 68.6 Å². The van der Waals surface area contributed by atoms with E-state index in [0.29, 0.717) is 23.2 Å². The Labute approximate surface area is 206 Å². The molecule has 3 aromatic rings. The predicted molar refractivity (Wildman–Crippen MR) is 135 cm³/mol. The minimum absolute atomic E-state index is 0.0292. The van der Waals surface area contributed by atoms with Gasteiger partial charge in [0.05, 0.1) is 30.6 Å². The highest BCUT2D eigenvalue weighted by molar-refractivity contribution is 6.30. The Morgan fingerprint density at radius 2 is 1.82 bits per heavy atom. The summed E-state index contributed by atoms with van der Waals surface area (Å²) in [6.45, 7) is 10.3. The van der Waals surface area contributed by atoms with Gasteiger partial charge in [0.1, 0.15) is 11.5 Å².